The van der Waals surface area contributed by atoms with Crippen LogP contribution in [0.25, 0.3) is 82.4 Å². The van der Waals surface area contributed by atoms with Crippen molar-refractivity contribution in [3.63, 3.8) is 0 Å². The molecule has 1 aliphatic rings. The first-order valence-corrected chi connectivity index (χ1v) is 16.0. The summed E-state index contributed by atoms with van der Waals surface area (Å²) >= 11 is 0. The van der Waals surface area contributed by atoms with Crippen LogP contribution in [0, 0.1) is 0 Å². The molecule has 0 bridgehead atoms. The van der Waals surface area contributed by atoms with E-state index in [-0.39, 0.29) is 60.6 Å². The van der Waals surface area contributed by atoms with E-state index in [1.165, 1.54) is 28.8 Å². The van der Waals surface area contributed by atoms with Crippen molar-refractivity contribution in [1.29, 1.82) is 0 Å². The van der Waals surface area contributed by atoms with E-state index in [2.05, 4.69) is 4.98 Å². The van der Waals surface area contributed by atoms with Gasteiger partial charge in [-0.15, -0.1) is 0 Å². The maximum Gasteiger partial charge on any atom is 0.114 e. The van der Waals surface area contributed by atoms with E-state index in [0.29, 0.717) is 32.9 Å². The number of hydrogen-bond donors (Lipinski definition) is 0. The van der Waals surface area contributed by atoms with E-state index in [9.17, 15) is 5.48 Å². The fourth-order valence-corrected chi connectivity index (χ4v) is 7.67. The van der Waals surface area contributed by atoms with Crippen LogP contribution in [0.1, 0.15) is 63.6 Å². The van der Waals surface area contributed by atoms with Gasteiger partial charge in [0.05, 0.1) is 27.7 Å². The molecule has 0 spiro atoms. The summed E-state index contributed by atoms with van der Waals surface area (Å²) in [5, 5.41) is 0.0234. The number of aromatic nitrogens is 2. The molecular formula is C48H36N2. The van der Waals surface area contributed by atoms with Crippen molar-refractivity contribution < 1.29 is 26.0 Å². The molecular weight excluding hydrogens is 605 g/mol. The summed E-state index contributed by atoms with van der Waals surface area (Å²) in [7, 11) is 0. The van der Waals surface area contributed by atoms with Crippen molar-refractivity contribution in [3.8, 4) is 39.1 Å². The Morgan fingerprint density at radius 2 is 1.26 bits per heavy atom. The standard InChI is InChI=1S/C48H36N2/c1-4-45-49-42-23-13-14-24-44(42)50(45)43-28-27-39(31-15-5-6-17-34(31)43)47-37-20-9-7-18-35(37)46(36-19-8-10-21-38(36)47)30-25-26-33-32-16-11-12-22-40(32)48(2,3)41(33)29-30/h5-29H,4H2,1-3H3/i1D3,2D3,3D3,4D2,7D,8D,9D,10D,18D,19D,20D,21D. The molecule has 0 N–H and O–H groups in total. The first-order chi connectivity index (χ1) is 32.3. The number of para-hydroxylation sites is 2. The monoisotopic (exact) mass is 659 g/mol. The zero-order chi connectivity index (χ0) is 49.8. The van der Waals surface area contributed by atoms with Gasteiger partial charge in [-0.05, 0) is 95.7 Å². The lowest BCUT2D eigenvalue weighted by Crippen LogP contribution is -2.14. The molecule has 2 nitrogen and oxygen atoms in total. The molecule has 1 aliphatic carbocycles. The van der Waals surface area contributed by atoms with Crippen LogP contribution < -0.4 is 0 Å². The largest absolute Gasteiger partial charge is 0.296 e. The van der Waals surface area contributed by atoms with Crippen molar-refractivity contribution in [2.75, 3.05) is 0 Å². The number of fused-ring (bicyclic) bond motifs is 7. The molecule has 0 saturated carbocycles. The highest BCUT2D eigenvalue weighted by Gasteiger charge is 2.35. The van der Waals surface area contributed by atoms with Gasteiger partial charge in [0.25, 0.3) is 0 Å². The third kappa shape index (κ3) is 3.99. The Morgan fingerprint density at radius 3 is 2.02 bits per heavy atom. The number of imidazole rings is 1. The van der Waals surface area contributed by atoms with Gasteiger partial charge in [-0.3, -0.25) is 4.57 Å². The molecule has 0 fully saturated rings. The normalized spacial score (nSPS) is 19.9. The Bertz CT molecular complexity index is 3620. The minimum Gasteiger partial charge on any atom is -0.296 e. The van der Waals surface area contributed by atoms with Gasteiger partial charge >= 0.3 is 0 Å². The van der Waals surface area contributed by atoms with Crippen molar-refractivity contribution in [1.82, 2.24) is 9.55 Å². The molecule has 0 saturated heterocycles. The molecule has 9 aromatic rings. The van der Waals surface area contributed by atoms with E-state index in [4.69, 9.17) is 20.6 Å². The Balaban J connectivity index is 1.39. The summed E-state index contributed by atoms with van der Waals surface area (Å²) < 4.78 is 171. The van der Waals surface area contributed by atoms with Gasteiger partial charge in [0.15, 0.2) is 0 Å². The lowest BCUT2D eigenvalue weighted by atomic mass is 9.80. The Hall–Kier alpha value is -5.99. The van der Waals surface area contributed by atoms with Crippen molar-refractivity contribution in [2.24, 2.45) is 0 Å². The molecule has 8 aromatic carbocycles. The lowest BCUT2D eigenvalue weighted by Gasteiger charge is -2.23. The molecule has 238 valence electrons. The van der Waals surface area contributed by atoms with Crippen LogP contribution in [0.15, 0.2) is 151 Å². The van der Waals surface area contributed by atoms with Gasteiger partial charge in [0.2, 0.25) is 0 Å². The molecule has 50 heavy (non-hydrogen) atoms. The molecule has 1 aromatic heterocycles. The quantitative estimate of drug-likeness (QED) is 0.172. The number of nitrogens with zero attached hydrogens (tertiary/aromatic N) is 2. The highest BCUT2D eigenvalue weighted by molar-refractivity contribution is 6.24. The van der Waals surface area contributed by atoms with Crippen LogP contribution in [-0.4, -0.2) is 9.55 Å². The van der Waals surface area contributed by atoms with Crippen LogP contribution in [-0.2, 0) is 11.8 Å². The Morgan fingerprint density at radius 1 is 0.620 bits per heavy atom. The Kier molecular flexibility index (Phi) is 3.38. The number of rotatable bonds is 4. The van der Waals surface area contributed by atoms with E-state index in [1.807, 2.05) is 0 Å². The van der Waals surface area contributed by atoms with Gasteiger partial charge < -0.3 is 0 Å². The molecule has 0 unspecified atom stereocenters. The molecule has 0 atom stereocenters. The molecule has 0 amide bonds. The zero-order valence-electron chi connectivity index (χ0n) is 45.2. The summed E-state index contributed by atoms with van der Waals surface area (Å²) in [5.74, 6) is -0.413. The topological polar surface area (TPSA) is 17.8 Å². The second-order valence-corrected chi connectivity index (χ2v) is 12.4. The number of hydrogen-bond acceptors (Lipinski definition) is 1. The Labute approximate surface area is 319 Å². The summed E-state index contributed by atoms with van der Waals surface area (Å²) in [6, 6.07) is 22.1. The van der Waals surface area contributed by atoms with Crippen LogP contribution in [0.5, 0.6) is 0 Å². The summed E-state index contributed by atoms with van der Waals surface area (Å²) in [6.45, 7) is -9.51. The minimum atomic E-state index is -3.18. The average molecular weight is 660 g/mol. The fraction of sp³-hybridized carbons (Fsp3) is 0.104. The van der Waals surface area contributed by atoms with Crippen LogP contribution in [0.3, 0.4) is 0 Å². The molecule has 10 rings (SSSR count). The summed E-state index contributed by atoms with van der Waals surface area (Å²) in [4.78, 5) is 4.48. The summed E-state index contributed by atoms with van der Waals surface area (Å²) in [6.07, 6.45) is -2.96. The van der Waals surface area contributed by atoms with Crippen LogP contribution in [0.2, 0.25) is 0 Å². The van der Waals surface area contributed by atoms with E-state index >= 15 is 0 Å². The highest BCUT2D eigenvalue weighted by Crippen LogP contribution is 2.51. The maximum absolute atomic E-state index is 9.58. The van der Waals surface area contributed by atoms with E-state index < -0.39 is 86.5 Å². The van der Waals surface area contributed by atoms with Crippen LogP contribution in [0.4, 0.5) is 0 Å². The van der Waals surface area contributed by atoms with Gasteiger partial charge in [0.1, 0.15) is 5.82 Å². The van der Waals surface area contributed by atoms with Gasteiger partial charge in [-0.25, -0.2) is 4.98 Å². The van der Waals surface area contributed by atoms with Gasteiger partial charge in [-0.1, -0.05) is 148 Å². The second kappa shape index (κ2) is 10.8. The molecule has 0 radical (unpaired) electrons. The molecule has 1 heterocycles. The van der Waals surface area contributed by atoms with Crippen LogP contribution >= 0.6 is 0 Å². The van der Waals surface area contributed by atoms with Crippen molar-refractivity contribution >= 4 is 43.4 Å². The maximum atomic E-state index is 9.58. The predicted molar refractivity (Wildman–Crippen MR) is 211 cm³/mol. The number of aryl methyl sites for hydroxylation is 1. The fourth-order valence-electron chi connectivity index (χ4n) is 7.67. The minimum absolute atomic E-state index is 0.0214. The third-order valence-corrected chi connectivity index (χ3v) is 9.79. The third-order valence-electron chi connectivity index (χ3n) is 9.79. The SMILES string of the molecule is [2H]c1c([2H])c([2H])c2c(-c3ccc(-n4c(C([2H])([2H])C([2H])([2H])[2H])nc5ccccc54)c4ccccc34)c3c([2H])c([2H])c([2H])c([2H])c3c(-c3ccc4c(c3)C(C([2H])([2H])[2H])(C([2H])([2H])[2H])c3ccccc3-4)c2c1[2H]. The average Bonchev–Trinajstić information content (AvgIpc) is 3.84. The molecule has 2 heteroatoms. The first kappa shape index (κ1) is 15.7. The van der Waals surface area contributed by atoms with E-state index in [1.54, 1.807) is 78.9 Å². The van der Waals surface area contributed by atoms with Gasteiger partial charge in [0, 0.05) is 32.3 Å². The van der Waals surface area contributed by atoms with Gasteiger partial charge in [-0.2, -0.15) is 0 Å². The molecule has 0 aliphatic heterocycles. The zero-order valence-corrected chi connectivity index (χ0v) is 26.2. The lowest BCUT2D eigenvalue weighted by molar-refractivity contribution is 0.660. The van der Waals surface area contributed by atoms with Crippen molar-refractivity contribution in [2.45, 2.75) is 32.3 Å². The predicted octanol–water partition coefficient (Wildman–Crippen LogP) is 12.7. The number of benzene rings is 8. The summed E-state index contributed by atoms with van der Waals surface area (Å²) in [5.41, 5.74) is -0.940. The smallest absolute Gasteiger partial charge is 0.114 e. The second-order valence-electron chi connectivity index (χ2n) is 12.4. The first-order valence-electron chi connectivity index (χ1n) is 25.5. The highest BCUT2D eigenvalue weighted by atomic mass is 15.1. The van der Waals surface area contributed by atoms with E-state index in [0.717, 1.165) is 0 Å². The van der Waals surface area contributed by atoms with Crippen molar-refractivity contribution in [3.05, 3.63) is 168 Å².